The van der Waals surface area contributed by atoms with Crippen molar-refractivity contribution in [2.24, 2.45) is 0 Å². The SMILES string of the molecule is CCCCC(O)c1cc(Cl)ccc1OC. The maximum absolute atomic E-state index is 9.95. The van der Waals surface area contributed by atoms with Crippen molar-refractivity contribution < 1.29 is 9.84 Å². The number of halogens is 1. The molecule has 1 N–H and O–H groups in total. The number of aliphatic hydroxyl groups excluding tert-OH is 1. The highest BCUT2D eigenvalue weighted by molar-refractivity contribution is 6.30. The van der Waals surface area contributed by atoms with Gasteiger partial charge in [-0.05, 0) is 24.6 Å². The van der Waals surface area contributed by atoms with Gasteiger partial charge in [-0.2, -0.15) is 0 Å². The predicted octanol–water partition coefficient (Wildman–Crippen LogP) is 3.57. The molecule has 1 rings (SSSR count). The van der Waals surface area contributed by atoms with E-state index in [2.05, 4.69) is 6.92 Å². The Morgan fingerprint density at radius 2 is 2.20 bits per heavy atom. The van der Waals surface area contributed by atoms with Crippen LogP contribution in [0.25, 0.3) is 0 Å². The molecule has 1 aromatic rings. The van der Waals surface area contributed by atoms with E-state index in [1.54, 1.807) is 25.3 Å². The molecule has 0 aliphatic rings. The van der Waals surface area contributed by atoms with Gasteiger partial charge in [-0.25, -0.2) is 0 Å². The highest BCUT2D eigenvalue weighted by Gasteiger charge is 2.12. The van der Waals surface area contributed by atoms with Gasteiger partial charge in [0.05, 0.1) is 13.2 Å². The lowest BCUT2D eigenvalue weighted by Crippen LogP contribution is -2.00. The van der Waals surface area contributed by atoms with Crippen molar-refractivity contribution in [2.45, 2.75) is 32.3 Å². The number of hydrogen-bond acceptors (Lipinski definition) is 2. The maximum Gasteiger partial charge on any atom is 0.124 e. The van der Waals surface area contributed by atoms with Gasteiger partial charge in [0, 0.05) is 10.6 Å². The summed E-state index contributed by atoms with van der Waals surface area (Å²) in [6.45, 7) is 2.10. The molecule has 0 amide bonds. The van der Waals surface area contributed by atoms with Crippen LogP contribution in [0.2, 0.25) is 5.02 Å². The summed E-state index contributed by atoms with van der Waals surface area (Å²) >= 11 is 5.89. The fraction of sp³-hybridized carbons (Fsp3) is 0.500. The quantitative estimate of drug-likeness (QED) is 0.835. The number of methoxy groups -OCH3 is 1. The summed E-state index contributed by atoms with van der Waals surface area (Å²) in [6, 6.07) is 5.31. The van der Waals surface area contributed by atoms with Crippen molar-refractivity contribution in [3.05, 3.63) is 28.8 Å². The summed E-state index contributed by atoms with van der Waals surface area (Å²) in [6.07, 6.45) is 2.32. The normalized spacial score (nSPS) is 12.5. The fourth-order valence-electron chi connectivity index (χ4n) is 1.52. The van der Waals surface area contributed by atoms with Crippen LogP contribution in [0.3, 0.4) is 0 Å². The third-order valence-corrected chi connectivity index (χ3v) is 2.62. The first-order chi connectivity index (χ1) is 7.19. The van der Waals surface area contributed by atoms with E-state index in [9.17, 15) is 5.11 Å². The molecule has 2 nitrogen and oxygen atoms in total. The molecule has 0 aromatic heterocycles. The van der Waals surface area contributed by atoms with E-state index in [1.165, 1.54) is 0 Å². The molecule has 0 saturated heterocycles. The van der Waals surface area contributed by atoms with Crippen LogP contribution in [0.15, 0.2) is 18.2 Å². The average Bonchev–Trinajstić information content (AvgIpc) is 2.25. The Balaban J connectivity index is 2.85. The van der Waals surface area contributed by atoms with Gasteiger partial charge >= 0.3 is 0 Å². The van der Waals surface area contributed by atoms with E-state index in [4.69, 9.17) is 16.3 Å². The molecule has 0 aliphatic heterocycles. The molecule has 1 atom stereocenters. The molecule has 1 aromatic carbocycles. The number of ether oxygens (including phenoxy) is 1. The number of unbranched alkanes of at least 4 members (excludes halogenated alkanes) is 1. The molecule has 3 heteroatoms. The molecule has 0 fully saturated rings. The lowest BCUT2D eigenvalue weighted by molar-refractivity contribution is 0.160. The molecule has 0 saturated carbocycles. The van der Waals surface area contributed by atoms with Gasteiger partial charge in [0.25, 0.3) is 0 Å². The first-order valence-corrected chi connectivity index (χ1v) is 5.58. The monoisotopic (exact) mass is 228 g/mol. The van der Waals surface area contributed by atoms with Crippen LogP contribution in [0, 0.1) is 0 Å². The average molecular weight is 229 g/mol. The molecule has 0 aliphatic carbocycles. The van der Waals surface area contributed by atoms with Crippen LogP contribution >= 0.6 is 11.6 Å². The summed E-state index contributed by atoms with van der Waals surface area (Å²) in [5.41, 5.74) is 0.776. The zero-order valence-corrected chi connectivity index (χ0v) is 9.92. The lowest BCUT2D eigenvalue weighted by atomic mass is 10.0. The minimum Gasteiger partial charge on any atom is -0.496 e. The number of benzene rings is 1. The van der Waals surface area contributed by atoms with Gasteiger partial charge < -0.3 is 9.84 Å². The number of hydrogen-bond donors (Lipinski definition) is 1. The highest BCUT2D eigenvalue weighted by Crippen LogP contribution is 2.30. The van der Waals surface area contributed by atoms with Gasteiger partial charge in [0.15, 0.2) is 0 Å². The largest absolute Gasteiger partial charge is 0.496 e. The predicted molar refractivity (Wildman–Crippen MR) is 62.5 cm³/mol. The van der Waals surface area contributed by atoms with E-state index in [0.717, 1.165) is 24.8 Å². The minimum atomic E-state index is -0.487. The van der Waals surface area contributed by atoms with Crippen molar-refractivity contribution in [3.8, 4) is 5.75 Å². The molecule has 0 radical (unpaired) electrons. The van der Waals surface area contributed by atoms with Gasteiger partial charge in [0.2, 0.25) is 0 Å². The van der Waals surface area contributed by atoms with Gasteiger partial charge in [-0.1, -0.05) is 31.4 Å². The van der Waals surface area contributed by atoms with E-state index in [-0.39, 0.29) is 0 Å². The molecule has 84 valence electrons. The van der Waals surface area contributed by atoms with E-state index < -0.39 is 6.10 Å². The highest BCUT2D eigenvalue weighted by atomic mass is 35.5. The Morgan fingerprint density at radius 1 is 1.47 bits per heavy atom. The third kappa shape index (κ3) is 3.40. The number of rotatable bonds is 5. The zero-order chi connectivity index (χ0) is 11.3. The van der Waals surface area contributed by atoms with Crippen molar-refractivity contribution in [1.82, 2.24) is 0 Å². The van der Waals surface area contributed by atoms with Crippen molar-refractivity contribution in [3.63, 3.8) is 0 Å². The standard InChI is InChI=1S/C12H17ClO2/c1-3-4-5-11(14)10-8-9(13)6-7-12(10)15-2/h6-8,11,14H,3-5H2,1-2H3. The van der Waals surface area contributed by atoms with Crippen LogP contribution in [-0.2, 0) is 0 Å². The van der Waals surface area contributed by atoms with Crippen LogP contribution in [-0.4, -0.2) is 12.2 Å². The minimum absolute atomic E-state index is 0.487. The summed E-state index contributed by atoms with van der Waals surface area (Å²) in [5, 5.41) is 10.6. The first kappa shape index (κ1) is 12.3. The van der Waals surface area contributed by atoms with E-state index in [1.807, 2.05) is 0 Å². The Kier molecular flexibility index (Phi) is 4.92. The molecular weight excluding hydrogens is 212 g/mol. The second kappa shape index (κ2) is 5.99. The molecule has 1 unspecified atom stereocenters. The van der Waals surface area contributed by atoms with Crippen LogP contribution in [0.1, 0.15) is 37.9 Å². The van der Waals surface area contributed by atoms with Crippen molar-refractivity contribution >= 4 is 11.6 Å². The molecule has 0 bridgehead atoms. The van der Waals surface area contributed by atoms with Crippen molar-refractivity contribution in [1.29, 1.82) is 0 Å². The van der Waals surface area contributed by atoms with E-state index >= 15 is 0 Å². The molecule has 15 heavy (non-hydrogen) atoms. The van der Waals surface area contributed by atoms with Crippen molar-refractivity contribution in [2.75, 3.05) is 7.11 Å². The Hall–Kier alpha value is -0.730. The van der Waals surface area contributed by atoms with Gasteiger partial charge in [-0.15, -0.1) is 0 Å². The summed E-state index contributed by atoms with van der Waals surface area (Å²) in [7, 11) is 1.60. The zero-order valence-electron chi connectivity index (χ0n) is 9.16. The van der Waals surface area contributed by atoms with Crippen LogP contribution < -0.4 is 4.74 Å². The Morgan fingerprint density at radius 3 is 2.80 bits per heavy atom. The molecular formula is C12H17ClO2. The molecule has 0 spiro atoms. The third-order valence-electron chi connectivity index (χ3n) is 2.38. The maximum atomic E-state index is 9.95. The van der Waals surface area contributed by atoms with Crippen LogP contribution in [0.5, 0.6) is 5.75 Å². The summed E-state index contributed by atoms with van der Waals surface area (Å²) < 4.78 is 5.18. The molecule has 0 heterocycles. The Bertz CT molecular complexity index is 312. The first-order valence-electron chi connectivity index (χ1n) is 5.20. The summed E-state index contributed by atoms with van der Waals surface area (Å²) in [5.74, 6) is 0.697. The Labute approximate surface area is 95.8 Å². The number of aliphatic hydroxyl groups is 1. The smallest absolute Gasteiger partial charge is 0.124 e. The summed E-state index contributed by atoms with van der Waals surface area (Å²) in [4.78, 5) is 0. The fourth-order valence-corrected chi connectivity index (χ4v) is 1.70. The topological polar surface area (TPSA) is 29.5 Å². The lowest BCUT2D eigenvalue weighted by Gasteiger charge is -2.14. The van der Waals surface area contributed by atoms with E-state index in [0.29, 0.717) is 10.8 Å². The second-order valence-electron chi connectivity index (χ2n) is 3.54. The van der Waals surface area contributed by atoms with Gasteiger partial charge in [0.1, 0.15) is 5.75 Å². The second-order valence-corrected chi connectivity index (χ2v) is 3.98. The van der Waals surface area contributed by atoms with Crippen LogP contribution in [0.4, 0.5) is 0 Å². The van der Waals surface area contributed by atoms with Gasteiger partial charge in [-0.3, -0.25) is 0 Å².